The minimum Gasteiger partial charge on any atom is -0.377 e. The summed E-state index contributed by atoms with van der Waals surface area (Å²) in [4.78, 5) is 17.1. The molecule has 8 nitrogen and oxygen atoms in total. The van der Waals surface area contributed by atoms with Gasteiger partial charge in [0.05, 0.1) is 17.0 Å². The third-order valence-corrected chi connectivity index (χ3v) is 6.20. The van der Waals surface area contributed by atoms with E-state index in [9.17, 15) is 13.2 Å². The third-order valence-electron chi connectivity index (χ3n) is 5.27. The molecule has 0 aromatic heterocycles. The van der Waals surface area contributed by atoms with E-state index in [0.717, 1.165) is 52.2 Å². The van der Waals surface area contributed by atoms with Gasteiger partial charge in [-0.15, -0.1) is 0 Å². The molecule has 3 N–H and O–H groups in total. The van der Waals surface area contributed by atoms with Crippen molar-refractivity contribution in [2.24, 2.45) is 5.14 Å². The standard InChI is InChI=1S/C18H28N4O4S/c1-14(18(23)20-15-4-6-17(7-5-15)27(19,24)25)22-10-8-21(9-11-22)13-16-3-2-12-26-16/h4-7,14,16H,2-3,8-13H2,1H3,(H,20,23)(H2,19,24,25)/t14-,16-/m0/s1. The molecule has 1 amide bonds. The topological polar surface area (TPSA) is 105 Å². The van der Waals surface area contributed by atoms with Crippen LogP contribution in [-0.2, 0) is 19.6 Å². The van der Waals surface area contributed by atoms with E-state index < -0.39 is 10.0 Å². The van der Waals surface area contributed by atoms with Gasteiger partial charge in [-0.3, -0.25) is 14.6 Å². The number of sulfonamides is 1. The Labute approximate surface area is 160 Å². The Hall–Kier alpha value is -1.52. The second-order valence-corrected chi connectivity index (χ2v) is 8.77. The van der Waals surface area contributed by atoms with Crippen LogP contribution < -0.4 is 10.5 Å². The number of ether oxygens (including phenoxy) is 1. The van der Waals surface area contributed by atoms with Gasteiger partial charge < -0.3 is 10.1 Å². The van der Waals surface area contributed by atoms with E-state index in [4.69, 9.17) is 9.88 Å². The number of nitrogens with zero attached hydrogens (tertiary/aromatic N) is 2. The molecule has 150 valence electrons. The molecule has 0 saturated carbocycles. The van der Waals surface area contributed by atoms with Gasteiger partial charge >= 0.3 is 0 Å². The van der Waals surface area contributed by atoms with E-state index in [0.29, 0.717) is 11.8 Å². The Morgan fingerprint density at radius 2 is 1.93 bits per heavy atom. The fourth-order valence-corrected chi connectivity index (χ4v) is 4.07. The number of rotatable bonds is 6. The SMILES string of the molecule is C[C@@H](C(=O)Nc1ccc(S(N)(=O)=O)cc1)N1CCN(C[C@@H]2CCCO2)CC1. The smallest absolute Gasteiger partial charge is 0.241 e. The Morgan fingerprint density at radius 3 is 2.48 bits per heavy atom. The average Bonchev–Trinajstić information content (AvgIpc) is 3.14. The number of amides is 1. The molecule has 0 unspecified atom stereocenters. The maximum Gasteiger partial charge on any atom is 0.241 e. The van der Waals surface area contributed by atoms with Crippen molar-refractivity contribution < 1.29 is 17.9 Å². The molecule has 2 aliphatic heterocycles. The van der Waals surface area contributed by atoms with Crippen molar-refractivity contribution in [2.75, 3.05) is 44.6 Å². The number of carbonyl (C=O) groups is 1. The van der Waals surface area contributed by atoms with E-state index in [1.165, 1.54) is 12.1 Å². The van der Waals surface area contributed by atoms with E-state index >= 15 is 0 Å². The highest BCUT2D eigenvalue weighted by molar-refractivity contribution is 7.89. The van der Waals surface area contributed by atoms with Crippen LogP contribution in [0.3, 0.4) is 0 Å². The van der Waals surface area contributed by atoms with Crippen LogP contribution in [0.15, 0.2) is 29.2 Å². The molecule has 0 aliphatic carbocycles. The minimum absolute atomic E-state index is 0.0240. The number of primary sulfonamides is 1. The lowest BCUT2D eigenvalue weighted by Crippen LogP contribution is -2.53. The number of nitrogens with one attached hydrogen (secondary N) is 1. The number of hydrogen-bond donors (Lipinski definition) is 2. The van der Waals surface area contributed by atoms with Crippen molar-refractivity contribution in [2.45, 2.75) is 36.8 Å². The fourth-order valence-electron chi connectivity index (χ4n) is 3.55. The molecular formula is C18H28N4O4S. The Bertz CT molecular complexity index is 739. The van der Waals surface area contributed by atoms with Crippen LogP contribution >= 0.6 is 0 Å². The van der Waals surface area contributed by atoms with Gasteiger partial charge in [0, 0.05) is 45.0 Å². The largest absolute Gasteiger partial charge is 0.377 e. The summed E-state index contributed by atoms with van der Waals surface area (Å²) in [5.74, 6) is -0.106. The molecular weight excluding hydrogens is 368 g/mol. The predicted molar refractivity (Wildman–Crippen MR) is 103 cm³/mol. The van der Waals surface area contributed by atoms with Gasteiger partial charge in [-0.1, -0.05) is 0 Å². The first-order valence-corrected chi connectivity index (χ1v) is 10.9. The minimum atomic E-state index is -3.73. The van der Waals surface area contributed by atoms with Crippen molar-refractivity contribution >= 4 is 21.6 Å². The second-order valence-electron chi connectivity index (χ2n) is 7.21. The van der Waals surface area contributed by atoms with E-state index in [-0.39, 0.29) is 16.8 Å². The van der Waals surface area contributed by atoms with Crippen LogP contribution in [-0.4, -0.2) is 75.6 Å². The van der Waals surface area contributed by atoms with Crippen molar-refractivity contribution in [1.82, 2.24) is 9.80 Å². The average molecular weight is 397 g/mol. The predicted octanol–water partition coefficient (Wildman–Crippen LogP) is 0.458. The van der Waals surface area contributed by atoms with E-state index in [1.54, 1.807) is 12.1 Å². The molecule has 3 rings (SSSR count). The quantitative estimate of drug-likeness (QED) is 0.724. The molecule has 2 atom stereocenters. The summed E-state index contributed by atoms with van der Waals surface area (Å²) in [6, 6.07) is 5.61. The molecule has 0 bridgehead atoms. The number of benzene rings is 1. The first-order chi connectivity index (χ1) is 12.8. The molecule has 9 heteroatoms. The number of anilines is 1. The van der Waals surface area contributed by atoms with Crippen molar-refractivity contribution in [1.29, 1.82) is 0 Å². The number of piperazine rings is 1. The van der Waals surface area contributed by atoms with Gasteiger partial charge in [-0.25, -0.2) is 13.6 Å². The van der Waals surface area contributed by atoms with Gasteiger partial charge in [0.2, 0.25) is 15.9 Å². The Kier molecular flexibility index (Phi) is 6.48. The number of hydrogen-bond acceptors (Lipinski definition) is 6. The summed E-state index contributed by atoms with van der Waals surface area (Å²) in [7, 11) is -3.73. The van der Waals surface area contributed by atoms with Crippen LogP contribution in [0.2, 0.25) is 0 Å². The maximum absolute atomic E-state index is 12.5. The summed E-state index contributed by atoms with van der Waals surface area (Å²) >= 11 is 0. The van der Waals surface area contributed by atoms with Crippen molar-refractivity contribution in [3.8, 4) is 0 Å². The van der Waals surface area contributed by atoms with Crippen LogP contribution in [0, 0.1) is 0 Å². The zero-order valence-corrected chi connectivity index (χ0v) is 16.5. The van der Waals surface area contributed by atoms with Crippen molar-refractivity contribution in [3.63, 3.8) is 0 Å². The highest BCUT2D eigenvalue weighted by Gasteiger charge is 2.27. The summed E-state index contributed by atoms with van der Waals surface area (Å²) < 4.78 is 28.3. The monoisotopic (exact) mass is 396 g/mol. The molecule has 0 radical (unpaired) electrons. The summed E-state index contributed by atoms with van der Waals surface area (Å²) in [6.45, 7) is 7.28. The molecule has 2 aliphatic rings. The number of carbonyl (C=O) groups excluding carboxylic acids is 1. The lowest BCUT2D eigenvalue weighted by Gasteiger charge is -2.38. The molecule has 1 aromatic rings. The molecule has 2 fully saturated rings. The summed E-state index contributed by atoms with van der Waals surface area (Å²) in [5.41, 5.74) is 0.552. The summed E-state index contributed by atoms with van der Waals surface area (Å²) in [5, 5.41) is 7.92. The Balaban J connectivity index is 1.47. The van der Waals surface area contributed by atoms with Gasteiger partial charge in [-0.05, 0) is 44.0 Å². The van der Waals surface area contributed by atoms with Crippen LogP contribution in [0.5, 0.6) is 0 Å². The summed E-state index contributed by atoms with van der Waals surface area (Å²) in [6.07, 6.45) is 2.65. The highest BCUT2D eigenvalue weighted by Crippen LogP contribution is 2.16. The molecule has 0 spiro atoms. The highest BCUT2D eigenvalue weighted by atomic mass is 32.2. The molecule has 27 heavy (non-hydrogen) atoms. The van der Waals surface area contributed by atoms with E-state index in [1.807, 2.05) is 6.92 Å². The van der Waals surface area contributed by atoms with E-state index in [2.05, 4.69) is 15.1 Å². The lowest BCUT2D eigenvalue weighted by molar-refractivity contribution is -0.121. The maximum atomic E-state index is 12.5. The van der Waals surface area contributed by atoms with Crippen molar-refractivity contribution in [3.05, 3.63) is 24.3 Å². The first-order valence-electron chi connectivity index (χ1n) is 9.34. The zero-order chi connectivity index (χ0) is 19.4. The van der Waals surface area contributed by atoms with Gasteiger partial charge in [0.15, 0.2) is 0 Å². The normalized spacial score (nSPS) is 23.3. The van der Waals surface area contributed by atoms with Crippen LogP contribution in [0.1, 0.15) is 19.8 Å². The first kappa shape index (κ1) is 20.2. The van der Waals surface area contributed by atoms with Gasteiger partial charge in [0.1, 0.15) is 0 Å². The van der Waals surface area contributed by atoms with Gasteiger partial charge in [0.25, 0.3) is 0 Å². The Morgan fingerprint density at radius 1 is 1.26 bits per heavy atom. The molecule has 2 heterocycles. The number of nitrogens with two attached hydrogens (primary N) is 1. The second kappa shape index (κ2) is 8.66. The lowest BCUT2D eigenvalue weighted by atomic mass is 10.2. The van der Waals surface area contributed by atoms with Gasteiger partial charge in [-0.2, -0.15) is 0 Å². The third kappa shape index (κ3) is 5.49. The zero-order valence-electron chi connectivity index (χ0n) is 15.6. The molecule has 2 saturated heterocycles. The fraction of sp³-hybridized carbons (Fsp3) is 0.611. The molecule has 1 aromatic carbocycles. The van der Waals surface area contributed by atoms with Crippen LogP contribution in [0.25, 0.3) is 0 Å². The van der Waals surface area contributed by atoms with Crippen LogP contribution in [0.4, 0.5) is 5.69 Å².